The van der Waals surface area contributed by atoms with Gasteiger partial charge >= 0.3 is 0 Å². The highest BCUT2D eigenvalue weighted by Crippen LogP contribution is 2.17. The molecule has 1 aromatic carbocycles. The van der Waals surface area contributed by atoms with E-state index in [1.54, 1.807) is 6.07 Å². The summed E-state index contributed by atoms with van der Waals surface area (Å²) in [5.41, 5.74) is 1.87. The predicted octanol–water partition coefficient (Wildman–Crippen LogP) is 2.26. The molecule has 1 aliphatic carbocycles. The van der Waals surface area contributed by atoms with Gasteiger partial charge in [-0.15, -0.1) is 0 Å². The predicted molar refractivity (Wildman–Crippen MR) is 39.2 cm³/mol. The first-order valence-electron chi connectivity index (χ1n) is 4.07. The van der Waals surface area contributed by atoms with E-state index >= 15 is 0 Å². The molecule has 0 N–H and O–H groups in total. The Morgan fingerprint density at radius 3 is 3.44 bits per heavy atom. The van der Waals surface area contributed by atoms with Crippen LogP contribution in [0, 0.1) is 0 Å². The molecule has 1 unspecified atom stereocenters. The monoisotopic (exact) mass is 118 g/mol. The summed E-state index contributed by atoms with van der Waals surface area (Å²) in [6.07, 6.45) is 3.40. The third-order valence-corrected chi connectivity index (χ3v) is 1.46. The summed E-state index contributed by atoms with van der Waals surface area (Å²) < 4.78 is 15.1. The van der Waals surface area contributed by atoms with Crippen LogP contribution in [0.3, 0.4) is 0 Å². The smallest absolute Gasteiger partial charge is 0.0626 e. The van der Waals surface area contributed by atoms with Gasteiger partial charge in [0, 0.05) is 1.37 Å². The molecule has 0 bridgehead atoms. The first kappa shape index (κ1) is 3.21. The summed E-state index contributed by atoms with van der Waals surface area (Å²) in [6.45, 7) is 0. The zero-order chi connectivity index (χ0) is 7.84. The van der Waals surface area contributed by atoms with E-state index in [0.29, 0.717) is 6.04 Å². The third-order valence-electron chi connectivity index (χ3n) is 1.46. The molecule has 0 heterocycles. The molecule has 0 aliphatic heterocycles. The second-order valence-electron chi connectivity index (χ2n) is 2.06. The Kier molecular flexibility index (Phi) is 0.616. The van der Waals surface area contributed by atoms with Crippen LogP contribution in [0.2, 0.25) is 0 Å². The Morgan fingerprint density at radius 1 is 1.56 bits per heavy atom. The number of fused-ring (bicyclic) bond motifs is 1. The van der Waals surface area contributed by atoms with Crippen molar-refractivity contribution < 1.29 is 2.74 Å². The van der Waals surface area contributed by atoms with E-state index in [0.717, 1.165) is 11.1 Å². The average Bonchev–Trinajstić information content (AvgIpc) is 2.34. The second kappa shape index (κ2) is 1.73. The molecule has 2 rings (SSSR count). The Morgan fingerprint density at radius 2 is 2.56 bits per heavy atom. The molecule has 0 nitrogen and oxygen atoms in total. The molecule has 0 fully saturated rings. The summed E-state index contributed by atoms with van der Waals surface area (Å²) in [5.74, 6) is 0. The van der Waals surface area contributed by atoms with Crippen molar-refractivity contribution in [2.75, 3.05) is 0 Å². The van der Waals surface area contributed by atoms with Crippen molar-refractivity contribution in [2.45, 2.75) is 6.40 Å². The third kappa shape index (κ3) is 0.672. The van der Waals surface area contributed by atoms with Gasteiger partial charge < -0.3 is 0 Å². The zero-order valence-corrected chi connectivity index (χ0v) is 4.96. The molecule has 1 aromatic rings. The van der Waals surface area contributed by atoms with Crippen molar-refractivity contribution in [2.24, 2.45) is 0 Å². The van der Waals surface area contributed by atoms with Crippen molar-refractivity contribution in [3.63, 3.8) is 0 Å². The molecule has 0 spiro atoms. The van der Waals surface area contributed by atoms with Crippen molar-refractivity contribution in [1.29, 1.82) is 0 Å². The van der Waals surface area contributed by atoms with Crippen LogP contribution in [0.5, 0.6) is 0 Å². The summed E-state index contributed by atoms with van der Waals surface area (Å²) in [7, 11) is 0. The van der Waals surface area contributed by atoms with E-state index in [2.05, 4.69) is 0 Å². The largest absolute Gasteiger partial charge is 0.0795 e. The maximum absolute atomic E-state index is 7.55. The van der Waals surface area contributed by atoms with Crippen molar-refractivity contribution in [1.82, 2.24) is 0 Å². The number of hydrogen-bond acceptors (Lipinski definition) is 0. The fourth-order valence-electron chi connectivity index (χ4n) is 1.00. The molecular weight excluding hydrogens is 108 g/mol. The van der Waals surface area contributed by atoms with E-state index in [9.17, 15) is 0 Å². The molecular formula is C9H8. The highest BCUT2D eigenvalue weighted by molar-refractivity contribution is 5.59. The van der Waals surface area contributed by atoms with Gasteiger partial charge in [-0.1, -0.05) is 36.4 Å². The van der Waals surface area contributed by atoms with Gasteiger partial charge in [-0.3, -0.25) is 0 Å². The molecule has 9 heavy (non-hydrogen) atoms. The van der Waals surface area contributed by atoms with Crippen LogP contribution >= 0.6 is 0 Å². The van der Waals surface area contributed by atoms with Crippen molar-refractivity contribution in [3.05, 3.63) is 41.4 Å². The van der Waals surface area contributed by atoms with Crippen LogP contribution in [-0.2, 0) is 6.40 Å². The number of rotatable bonds is 0. The van der Waals surface area contributed by atoms with Gasteiger partial charge in [0.25, 0.3) is 0 Å². The van der Waals surface area contributed by atoms with Crippen LogP contribution in [0.4, 0.5) is 0 Å². The van der Waals surface area contributed by atoms with Crippen LogP contribution in [0.1, 0.15) is 13.9 Å². The Balaban J connectivity index is 2.65. The first-order chi connectivity index (χ1) is 5.29. The lowest BCUT2D eigenvalue weighted by molar-refractivity contribution is 1.31. The maximum Gasteiger partial charge on any atom is 0.0626 e. The van der Waals surface area contributed by atoms with Crippen LogP contribution in [-0.4, -0.2) is 0 Å². The van der Waals surface area contributed by atoms with Crippen molar-refractivity contribution >= 4 is 6.08 Å². The lowest BCUT2D eigenvalue weighted by Gasteiger charge is -1.93. The lowest BCUT2D eigenvalue weighted by Crippen LogP contribution is -1.76. The summed E-state index contributed by atoms with van der Waals surface area (Å²) >= 11 is 0. The number of hydrogen-bond donors (Lipinski definition) is 0. The first-order valence-corrected chi connectivity index (χ1v) is 2.99. The quantitative estimate of drug-likeness (QED) is 0.490. The van der Waals surface area contributed by atoms with Crippen LogP contribution in [0.15, 0.2) is 30.3 Å². The molecule has 0 saturated carbocycles. The van der Waals surface area contributed by atoms with E-state index in [1.165, 1.54) is 0 Å². The molecule has 0 aromatic heterocycles. The SMILES string of the molecule is [2H]c1cccc2c1C([2H])C=C2. The Labute approximate surface area is 57.6 Å². The highest BCUT2D eigenvalue weighted by Gasteiger charge is 2.00. The van der Waals surface area contributed by atoms with E-state index < -0.39 is 0 Å². The summed E-state index contributed by atoms with van der Waals surface area (Å²) in [6, 6.07) is 6.00. The van der Waals surface area contributed by atoms with Gasteiger partial charge in [-0.25, -0.2) is 0 Å². The van der Waals surface area contributed by atoms with Gasteiger partial charge in [-0.05, 0) is 17.5 Å². The van der Waals surface area contributed by atoms with Crippen LogP contribution in [0.25, 0.3) is 6.08 Å². The topological polar surface area (TPSA) is 0 Å². The molecule has 0 saturated heterocycles. The minimum absolute atomic E-state index is 0.321. The normalized spacial score (nSPS) is 25.1. The van der Waals surface area contributed by atoms with Gasteiger partial charge in [0.05, 0.1) is 1.37 Å². The molecule has 44 valence electrons. The second-order valence-corrected chi connectivity index (χ2v) is 2.06. The minimum atomic E-state index is -0.321. The van der Waals surface area contributed by atoms with Gasteiger partial charge in [-0.2, -0.15) is 0 Å². The Bertz CT molecular complexity index is 315. The maximum atomic E-state index is 7.55. The minimum Gasteiger partial charge on any atom is -0.0795 e. The van der Waals surface area contributed by atoms with E-state index in [1.807, 2.05) is 24.3 Å². The van der Waals surface area contributed by atoms with Gasteiger partial charge in [0.15, 0.2) is 0 Å². The fraction of sp³-hybridized carbons (Fsp3) is 0.111. The fourth-order valence-corrected chi connectivity index (χ4v) is 1.00. The van der Waals surface area contributed by atoms with Crippen molar-refractivity contribution in [3.8, 4) is 0 Å². The molecule has 0 radical (unpaired) electrons. The Hall–Kier alpha value is -1.04. The van der Waals surface area contributed by atoms with E-state index in [4.69, 9.17) is 2.74 Å². The standard InChI is InChI=1S/C9H8/c1-2-5-9-7-3-6-8(9)4-1/h1-6H,7H2/i5D,7D. The zero-order valence-electron chi connectivity index (χ0n) is 6.96. The van der Waals surface area contributed by atoms with Gasteiger partial charge in [0.2, 0.25) is 0 Å². The molecule has 1 atom stereocenters. The van der Waals surface area contributed by atoms with E-state index in [-0.39, 0.29) is 6.40 Å². The van der Waals surface area contributed by atoms with Gasteiger partial charge in [0.1, 0.15) is 0 Å². The molecule has 1 aliphatic rings. The number of allylic oxidation sites excluding steroid dienone is 1. The molecule has 0 heteroatoms. The van der Waals surface area contributed by atoms with Crippen LogP contribution < -0.4 is 0 Å². The summed E-state index contributed by atoms with van der Waals surface area (Å²) in [5, 5.41) is 0. The lowest BCUT2D eigenvalue weighted by atomic mass is 10.1. The molecule has 0 amide bonds. The number of benzene rings is 1. The highest BCUT2D eigenvalue weighted by atomic mass is 14.0. The summed E-state index contributed by atoms with van der Waals surface area (Å²) in [4.78, 5) is 0. The average molecular weight is 118 g/mol.